The molecule has 0 aromatic heterocycles. The van der Waals surface area contributed by atoms with Crippen molar-refractivity contribution in [2.24, 2.45) is 0 Å². The Morgan fingerprint density at radius 2 is 2.04 bits per heavy atom. The quantitative estimate of drug-likeness (QED) is 0.593. The number of nitro benzene ring substituents is 1. The molecule has 28 heavy (non-hydrogen) atoms. The summed E-state index contributed by atoms with van der Waals surface area (Å²) in [4.78, 5) is 28.0. The van der Waals surface area contributed by atoms with Gasteiger partial charge in [-0.2, -0.15) is 0 Å². The molecule has 8 heteroatoms. The molecule has 2 aliphatic heterocycles. The summed E-state index contributed by atoms with van der Waals surface area (Å²) in [7, 11) is 0. The number of anilines is 1. The van der Waals surface area contributed by atoms with Crippen molar-refractivity contribution in [1.29, 1.82) is 0 Å². The highest BCUT2D eigenvalue weighted by Crippen LogP contribution is 2.26. The van der Waals surface area contributed by atoms with E-state index in [1.807, 2.05) is 0 Å². The molecule has 1 amide bonds. The average molecular weight is 390 g/mol. The molecule has 3 rings (SSSR count). The van der Waals surface area contributed by atoms with E-state index >= 15 is 0 Å². The molecule has 8 nitrogen and oxygen atoms in total. The van der Waals surface area contributed by atoms with Crippen LogP contribution in [-0.4, -0.2) is 71.6 Å². The first-order valence-electron chi connectivity index (χ1n) is 9.98. The molecule has 2 saturated heterocycles. The van der Waals surface area contributed by atoms with Crippen molar-refractivity contribution in [2.45, 2.75) is 51.9 Å². The minimum Gasteiger partial charge on any atom is -0.373 e. The van der Waals surface area contributed by atoms with Crippen molar-refractivity contribution in [2.75, 3.05) is 38.0 Å². The number of amides is 1. The van der Waals surface area contributed by atoms with Gasteiger partial charge in [-0.15, -0.1) is 0 Å². The van der Waals surface area contributed by atoms with Crippen molar-refractivity contribution < 1.29 is 14.5 Å². The number of carbonyl (C=O) groups excluding carboxylic acids is 1. The summed E-state index contributed by atoms with van der Waals surface area (Å²) in [5, 5.41) is 14.0. The van der Waals surface area contributed by atoms with Crippen LogP contribution in [-0.2, 0) is 9.53 Å². The number of hydrogen-bond donors (Lipinski definition) is 1. The van der Waals surface area contributed by atoms with Crippen LogP contribution in [0.5, 0.6) is 0 Å². The molecule has 2 heterocycles. The lowest BCUT2D eigenvalue weighted by Crippen LogP contribution is -2.50. The molecule has 1 aromatic rings. The van der Waals surface area contributed by atoms with Crippen molar-refractivity contribution in [3.05, 3.63) is 33.9 Å². The van der Waals surface area contributed by atoms with Crippen molar-refractivity contribution in [1.82, 2.24) is 9.80 Å². The number of ether oxygens (including phenoxy) is 1. The Hall–Kier alpha value is -2.03. The first-order valence-corrected chi connectivity index (χ1v) is 9.98. The van der Waals surface area contributed by atoms with Gasteiger partial charge in [-0.25, -0.2) is 0 Å². The Kier molecular flexibility index (Phi) is 6.64. The summed E-state index contributed by atoms with van der Waals surface area (Å²) in [5.41, 5.74) is 0.980. The number of benzene rings is 1. The van der Waals surface area contributed by atoms with Gasteiger partial charge in [-0.05, 0) is 51.8 Å². The largest absolute Gasteiger partial charge is 0.373 e. The van der Waals surface area contributed by atoms with Crippen LogP contribution in [0, 0.1) is 17.0 Å². The van der Waals surface area contributed by atoms with Crippen LogP contribution in [0.15, 0.2) is 18.2 Å². The summed E-state index contributed by atoms with van der Waals surface area (Å²) in [6.45, 7) is 9.87. The highest BCUT2D eigenvalue weighted by atomic mass is 16.6. The minimum atomic E-state index is -0.456. The van der Waals surface area contributed by atoms with Crippen molar-refractivity contribution in [3.63, 3.8) is 0 Å². The van der Waals surface area contributed by atoms with E-state index in [4.69, 9.17) is 4.74 Å². The van der Waals surface area contributed by atoms with E-state index in [2.05, 4.69) is 29.0 Å². The fourth-order valence-electron chi connectivity index (χ4n) is 4.31. The first kappa shape index (κ1) is 20.7. The van der Waals surface area contributed by atoms with Gasteiger partial charge in [0.15, 0.2) is 0 Å². The Labute approximate surface area is 166 Å². The third-order valence-electron chi connectivity index (χ3n) is 5.43. The third kappa shape index (κ3) is 5.27. The topological polar surface area (TPSA) is 88.0 Å². The zero-order chi connectivity index (χ0) is 20.3. The van der Waals surface area contributed by atoms with Crippen LogP contribution in [0.1, 0.15) is 32.3 Å². The smallest absolute Gasteiger partial charge is 0.293 e. The Bertz CT molecular complexity index is 716. The second-order valence-electron chi connectivity index (χ2n) is 8.07. The van der Waals surface area contributed by atoms with Crippen LogP contribution in [0.2, 0.25) is 0 Å². The van der Waals surface area contributed by atoms with Gasteiger partial charge < -0.3 is 10.1 Å². The molecular weight excluding hydrogens is 360 g/mol. The number of rotatable bonds is 6. The van der Waals surface area contributed by atoms with Gasteiger partial charge in [0.05, 0.1) is 23.7 Å². The predicted octanol–water partition coefficient (Wildman–Crippen LogP) is 2.42. The van der Waals surface area contributed by atoms with Gasteiger partial charge in [0.1, 0.15) is 5.69 Å². The number of carbonyl (C=O) groups is 1. The van der Waals surface area contributed by atoms with Crippen LogP contribution in [0.25, 0.3) is 0 Å². The zero-order valence-electron chi connectivity index (χ0n) is 16.9. The molecule has 0 bridgehead atoms. The molecular formula is C20H30N4O4. The molecule has 3 unspecified atom stereocenters. The molecule has 1 N–H and O–H groups in total. The highest BCUT2D eigenvalue weighted by Gasteiger charge is 2.31. The number of aryl methyl sites for hydroxylation is 1. The van der Waals surface area contributed by atoms with Crippen LogP contribution in [0.3, 0.4) is 0 Å². The second-order valence-corrected chi connectivity index (χ2v) is 8.07. The van der Waals surface area contributed by atoms with Gasteiger partial charge in [0.25, 0.3) is 5.69 Å². The zero-order valence-corrected chi connectivity index (χ0v) is 16.9. The highest BCUT2D eigenvalue weighted by molar-refractivity contribution is 5.94. The molecule has 0 aliphatic carbocycles. The SMILES string of the molecule is Cc1ccc(NC(=O)CN2CCCC2CN2CC(C)OC(C)C2)c([N+](=O)[O-])c1. The Morgan fingerprint density at radius 1 is 1.32 bits per heavy atom. The maximum absolute atomic E-state index is 12.6. The standard InChI is InChI=1S/C20H30N4O4/c1-14-6-7-18(19(9-14)24(26)27)21-20(25)13-23-8-4-5-17(23)12-22-10-15(2)28-16(3)11-22/h6-7,9,15-17H,4-5,8,10-13H2,1-3H3,(H,21,25). The van der Waals surface area contributed by atoms with Crippen LogP contribution < -0.4 is 5.32 Å². The van der Waals surface area contributed by atoms with E-state index in [0.717, 1.165) is 44.6 Å². The fourth-order valence-corrected chi connectivity index (χ4v) is 4.31. The molecule has 2 fully saturated rings. The molecule has 1 aromatic carbocycles. The summed E-state index contributed by atoms with van der Waals surface area (Å²) >= 11 is 0. The molecule has 3 atom stereocenters. The Morgan fingerprint density at radius 3 is 2.71 bits per heavy atom. The monoisotopic (exact) mass is 390 g/mol. The summed E-state index contributed by atoms with van der Waals surface area (Å²) < 4.78 is 5.80. The Balaban J connectivity index is 1.58. The maximum atomic E-state index is 12.6. The average Bonchev–Trinajstić information content (AvgIpc) is 3.02. The number of hydrogen-bond acceptors (Lipinski definition) is 6. The number of nitrogens with zero attached hydrogens (tertiary/aromatic N) is 3. The lowest BCUT2D eigenvalue weighted by atomic mass is 10.1. The third-order valence-corrected chi connectivity index (χ3v) is 5.43. The molecule has 154 valence electrons. The number of nitro groups is 1. The van der Waals surface area contributed by atoms with E-state index in [1.54, 1.807) is 19.1 Å². The van der Waals surface area contributed by atoms with Gasteiger partial charge >= 0.3 is 0 Å². The normalized spacial score (nSPS) is 26.3. The predicted molar refractivity (Wildman–Crippen MR) is 108 cm³/mol. The fraction of sp³-hybridized carbons (Fsp3) is 0.650. The maximum Gasteiger partial charge on any atom is 0.293 e. The summed E-state index contributed by atoms with van der Waals surface area (Å²) in [6.07, 6.45) is 2.59. The lowest BCUT2D eigenvalue weighted by Gasteiger charge is -2.38. The van der Waals surface area contributed by atoms with Crippen molar-refractivity contribution >= 4 is 17.3 Å². The van der Waals surface area contributed by atoms with E-state index in [0.29, 0.717) is 6.04 Å². The number of nitrogens with one attached hydrogen (secondary N) is 1. The van der Waals surface area contributed by atoms with Gasteiger partial charge in [-0.3, -0.25) is 24.7 Å². The number of morpholine rings is 1. The van der Waals surface area contributed by atoms with Gasteiger partial charge in [-0.1, -0.05) is 6.07 Å². The molecule has 0 spiro atoms. The minimum absolute atomic E-state index is 0.0670. The van der Waals surface area contributed by atoms with Crippen LogP contribution >= 0.6 is 0 Å². The molecule has 0 radical (unpaired) electrons. The van der Waals surface area contributed by atoms with E-state index < -0.39 is 4.92 Å². The second kappa shape index (κ2) is 8.98. The van der Waals surface area contributed by atoms with Gasteiger partial charge in [0, 0.05) is 31.7 Å². The van der Waals surface area contributed by atoms with E-state index in [-0.39, 0.29) is 36.0 Å². The van der Waals surface area contributed by atoms with Crippen molar-refractivity contribution in [3.8, 4) is 0 Å². The van der Waals surface area contributed by atoms with E-state index in [1.165, 1.54) is 6.07 Å². The molecule has 0 saturated carbocycles. The summed E-state index contributed by atoms with van der Waals surface area (Å²) in [5.74, 6) is -0.206. The lowest BCUT2D eigenvalue weighted by molar-refractivity contribution is -0.384. The number of likely N-dealkylation sites (tertiary alicyclic amines) is 1. The summed E-state index contributed by atoms with van der Waals surface area (Å²) in [6, 6.07) is 5.18. The first-order chi connectivity index (χ1) is 13.3. The van der Waals surface area contributed by atoms with E-state index in [9.17, 15) is 14.9 Å². The molecule has 2 aliphatic rings. The van der Waals surface area contributed by atoms with Crippen LogP contribution in [0.4, 0.5) is 11.4 Å². The van der Waals surface area contributed by atoms with Gasteiger partial charge in [0.2, 0.25) is 5.91 Å².